The molecule has 1 aliphatic rings. The number of nitrogens with one attached hydrogen (secondary N) is 1. The number of rotatable bonds is 7. The lowest BCUT2D eigenvalue weighted by Gasteiger charge is -2.36. The van der Waals surface area contributed by atoms with Gasteiger partial charge in [-0.05, 0) is 55.5 Å². The number of β-amino-alcohol motifs (C(OH)–C–C–N with tert-alkyl or cyclic N) is 1. The molecule has 0 spiro atoms. The number of aliphatic hydroxyl groups is 1. The fraction of sp³-hybridized carbons (Fsp3) is 0.348. The molecule has 3 rings (SSSR count). The van der Waals surface area contributed by atoms with Gasteiger partial charge in [-0.25, -0.2) is 4.79 Å². The first kappa shape index (κ1) is 21.5. The smallest absolute Gasteiger partial charge is 0.316 e. The Morgan fingerprint density at radius 2 is 1.80 bits per heavy atom. The summed E-state index contributed by atoms with van der Waals surface area (Å²) >= 11 is 0. The molecule has 1 aliphatic heterocycles. The van der Waals surface area contributed by atoms with Gasteiger partial charge in [0.1, 0.15) is 18.5 Å². The summed E-state index contributed by atoms with van der Waals surface area (Å²) in [6, 6.07) is 14.6. The van der Waals surface area contributed by atoms with Crippen LogP contribution in [0.15, 0.2) is 48.5 Å². The number of hydrogen-bond acceptors (Lipinski definition) is 5. The van der Waals surface area contributed by atoms with Gasteiger partial charge in [0.05, 0.1) is 0 Å². The zero-order chi connectivity index (χ0) is 21.3. The first-order valence-corrected chi connectivity index (χ1v) is 10.0. The maximum Gasteiger partial charge on any atom is 0.316 e. The summed E-state index contributed by atoms with van der Waals surface area (Å²) in [6.07, 6.45) is -0.577. The van der Waals surface area contributed by atoms with E-state index in [1.54, 1.807) is 24.3 Å². The normalized spacial score (nSPS) is 15.1. The number of piperazine rings is 1. The third-order valence-corrected chi connectivity index (χ3v) is 4.91. The van der Waals surface area contributed by atoms with Crippen molar-refractivity contribution in [2.45, 2.75) is 13.0 Å². The Hall–Kier alpha value is -3.21. The Morgan fingerprint density at radius 3 is 2.40 bits per heavy atom. The lowest BCUT2D eigenvalue weighted by atomic mass is 10.2. The molecule has 7 nitrogen and oxygen atoms in total. The maximum atomic E-state index is 10.8. The molecule has 2 aromatic carbocycles. The second-order valence-corrected chi connectivity index (χ2v) is 7.19. The van der Waals surface area contributed by atoms with Crippen LogP contribution in [0.2, 0.25) is 0 Å². The molecule has 0 bridgehead atoms. The molecule has 0 saturated carbocycles. The summed E-state index contributed by atoms with van der Waals surface area (Å²) in [5.41, 5.74) is 7.91. The van der Waals surface area contributed by atoms with Crippen molar-refractivity contribution in [2.75, 3.05) is 49.5 Å². The van der Waals surface area contributed by atoms with Crippen molar-refractivity contribution in [3.8, 4) is 17.6 Å². The predicted octanol–water partition coefficient (Wildman–Crippen LogP) is 2.11. The largest absolute Gasteiger partial charge is 0.491 e. The van der Waals surface area contributed by atoms with Gasteiger partial charge in [0, 0.05) is 49.7 Å². The number of benzene rings is 2. The van der Waals surface area contributed by atoms with Crippen molar-refractivity contribution in [1.29, 1.82) is 0 Å². The number of hydrogen-bond donors (Lipinski definition) is 3. The molecule has 0 unspecified atom stereocenters. The molecule has 4 N–H and O–H groups in total. The first-order chi connectivity index (χ1) is 14.5. The summed E-state index contributed by atoms with van der Waals surface area (Å²) in [7, 11) is 0. The van der Waals surface area contributed by atoms with E-state index in [2.05, 4.69) is 51.2 Å². The van der Waals surface area contributed by atoms with E-state index < -0.39 is 12.1 Å². The van der Waals surface area contributed by atoms with Gasteiger partial charge >= 0.3 is 6.03 Å². The van der Waals surface area contributed by atoms with Gasteiger partial charge in [-0.2, -0.15) is 0 Å². The Labute approximate surface area is 177 Å². The van der Waals surface area contributed by atoms with E-state index in [1.165, 1.54) is 5.69 Å². The Balaban J connectivity index is 1.39. The van der Waals surface area contributed by atoms with Crippen LogP contribution in [0.25, 0.3) is 0 Å². The van der Waals surface area contributed by atoms with Crippen molar-refractivity contribution in [2.24, 2.45) is 5.73 Å². The summed E-state index contributed by atoms with van der Waals surface area (Å²) in [4.78, 5) is 15.4. The number of nitrogens with two attached hydrogens (primary N) is 1. The van der Waals surface area contributed by atoms with Crippen molar-refractivity contribution < 1.29 is 14.6 Å². The number of aliphatic hydroxyl groups excluding tert-OH is 1. The molecule has 0 aliphatic carbocycles. The van der Waals surface area contributed by atoms with Crippen LogP contribution in [0, 0.1) is 11.8 Å². The van der Waals surface area contributed by atoms with Gasteiger partial charge in [0.25, 0.3) is 0 Å². The van der Waals surface area contributed by atoms with Crippen molar-refractivity contribution >= 4 is 17.4 Å². The number of nitrogens with zero attached hydrogens (tertiary/aromatic N) is 2. The van der Waals surface area contributed by atoms with Gasteiger partial charge < -0.3 is 25.8 Å². The lowest BCUT2D eigenvalue weighted by molar-refractivity contribution is 0.0663. The third-order valence-electron chi connectivity index (χ3n) is 4.91. The molecule has 158 valence electrons. The molecule has 1 atom stereocenters. The van der Waals surface area contributed by atoms with Gasteiger partial charge in [0.15, 0.2) is 0 Å². The van der Waals surface area contributed by atoms with Crippen LogP contribution in [0.4, 0.5) is 16.2 Å². The Morgan fingerprint density at radius 1 is 1.13 bits per heavy atom. The van der Waals surface area contributed by atoms with Gasteiger partial charge in [0.2, 0.25) is 0 Å². The van der Waals surface area contributed by atoms with Crippen molar-refractivity contribution in [3.63, 3.8) is 0 Å². The van der Waals surface area contributed by atoms with Gasteiger partial charge in [-0.3, -0.25) is 4.90 Å². The van der Waals surface area contributed by atoms with Crippen LogP contribution < -0.4 is 20.7 Å². The second-order valence-electron chi connectivity index (χ2n) is 7.19. The first-order valence-electron chi connectivity index (χ1n) is 10.0. The van der Waals surface area contributed by atoms with Crippen LogP contribution in [0.1, 0.15) is 12.5 Å². The summed E-state index contributed by atoms with van der Waals surface area (Å²) in [5.74, 6) is 6.60. The third kappa shape index (κ3) is 6.41. The summed E-state index contributed by atoms with van der Waals surface area (Å²) < 4.78 is 5.65. The van der Waals surface area contributed by atoms with Gasteiger partial charge in [-0.15, -0.1) is 5.92 Å². The highest BCUT2D eigenvalue weighted by molar-refractivity contribution is 5.87. The molecule has 1 fully saturated rings. The number of anilines is 2. The van der Waals surface area contributed by atoms with Crippen molar-refractivity contribution in [1.82, 2.24) is 4.90 Å². The molecule has 2 amide bonds. The molecule has 1 saturated heterocycles. The highest BCUT2D eigenvalue weighted by Crippen LogP contribution is 2.18. The van der Waals surface area contributed by atoms with Crippen molar-refractivity contribution in [3.05, 3.63) is 54.1 Å². The average Bonchev–Trinajstić information content (AvgIpc) is 2.74. The lowest BCUT2D eigenvalue weighted by Crippen LogP contribution is -2.49. The van der Waals surface area contributed by atoms with Crippen LogP contribution in [-0.2, 0) is 0 Å². The molecular weight excluding hydrogens is 380 g/mol. The number of ether oxygens (including phenoxy) is 1. The zero-order valence-electron chi connectivity index (χ0n) is 17.2. The minimum absolute atomic E-state index is 0.211. The van der Waals surface area contributed by atoms with Crippen LogP contribution in [0.5, 0.6) is 5.75 Å². The molecule has 7 heteroatoms. The minimum atomic E-state index is -0.609. The van der Waals surface area contributed by atoms with E-state index in [0.717, 1.165) is 31.7 Å². The molecule has 30 heavy (non-hydrogen) atoms. The molecule has 1 heterocycles. The number of carbonyl (C=O) groups excluding carboxylic acids is 1. The number of urea groups is 1. The quantitative estimate of drug-likeness (QED) is 0.611. The monoisotopic (exact) mass is 408 g/mol. The van der Waals surface area contributed by atoms with Crippen LogP contribution >= 0.6 is 0 Å². The van der Waals surface area contributed by atoms with E-state index in [4.69, 9.17) is 10.5 Å². The van der Waals surface area contributed by atoms with E-state index in [1.807, 2.05) is 6.92 Å². The molecular formula is C23H28N4O3. The summed E-state index contributed by atoms with van der Waals surface area (Å²) in [6.45, 7) is 6.23. The van der Waals surface area contributed by atoms with Crippen LogP contribution in [0.3, 0.4) is 0 Å². The molecule has 0 radical (unpaired) electrons. The number of primary amides is 1. The Bertz CT molecular complexity index is 879. The molecule has 2 aromatic rings. The average molecular weight is 409 g/mol. The number of amides is 2. The standard InChI is InChI=1S/C23H28N4O3/c1-2-3-18-4-8-20(9-5-18)27-14-12-26(13-15-27)16-21(28)17-30-22-10-6-19(7-11-22)25-23(24)29/h4-11,21,28H,12-17H2,1H3,(H3,24,25,29)/t21-/m0/s1. The Kier molecular flexibility index (Phi) is 7.55. The SMILES string of the molecule is CC#Cc1ccc(N2CCN(C[C@H](O)COc3ccc(NC(N)=O)cc3)CC2)cc1. The highest BCUT2D eigenvalue weighted by Gasteiger charge is 2.19. The fourth-order valence-electron chi connectivity index (χ4n) is 3.41. The maximum absolute atomic E-state index is 10.8. The highest BCUT2D eigenvalue weighted by atomic mass is 16.5. The zero-order valence-corrected chi connectivity index (χ0v) is 17.2. The van der Waals surface area contributed by atoms with E-state index in [-0.39, 0.29) is 6.61 Å². The van der Waals surface area contributed by atoms with E-state index >= 15 is 0 Å². The summed E-state index contributed by atoms with van der Waals surface area (Å²) in [5, 5.41) is 12.8. The van der Waals surface area contributed by atoms with Gasteiger partial charge in [-0.1, -0.05) is 5.92 Å². The van der Waals surface area contributed by atoms with E-state index in [0.29, 0.717) is 18.0 Å². The predicted molar refractivity (Wildman–Crippen MR) is 119 cm³/mol. The number of carbonyl (C=O) groups is 1. The minimum Gasteiger partial charge on any atom is -0.491 e. The fourth-order valence-corrected chi connectivity index (χ4v) is 3.41. The van der Waals surface area contributed by atoms with Crippen LogP contribution in [-0.4, -0.2) is 61.5 Å². The molecule has 0 aromatic heterocycles. The second kappa shape index (κ2) is 10.5. The van der Waals surface area contributed by atoms with E-state index in [9.17, 15) is 9.90 Å². The topological polar surface area (TPSA) is 91.1 Å².